The fourth-order valence-corrected chi connectivity index (χ4v) is 3.16. The number of nitrogens with one attached hydrogen (secondary N) is 1. The Bertz CT molecular complexity index is 798. The average molecular weight is 347 g/mol. The summed E-state index contributed by atoms with van der Waals surface area (Å²) in [6.45, 7) is 0.899. The molecule has 0 heterocycles. The number of carbonyl (C=O) groups excluding carboxylic acids is 1. The molecule has 6 heteroatoms. The highest BCUT2D eigenvalue weighted by Crippen LogP contribution is 2.11. The maximum absolute atomic E-state index is 12.2. The van der Waals surface area contributed by atoms with E-state index in [1.807, 2.05) is 24.3 Å². The standard InChI is InChI=1S/C18H21NO4S/c1-23-12-17-6-4-3-5-16(17)11-19-18(20)15-9-7-14(8-10-15)13-24(2,21)22/h3-10H,11-13H2,1-2H3,(H,19,20). The van der Waals surface area contributed by atoms with Gasteiger partial charge in [-0.05, 0) is 28.8 Å². The van der Waals surface area contributed by atoms with E-state index in [1.54, 1.807) is 31.4 Å². The van der Waals surface area contributed by atoms with Crippen LogP contribution in [0.5, 0.6) is 0 Å². The Kier molecular flexibility index (Phi) is 6.11. The first-order valence-electron chi connectivity index (χ1n) is 7.49. The van der Waals surface area contributed by atoms with Crippen molar-refractivity contribution in [2.24, 2.45) is 0 Å². The monoisotopic (exact) mass is 347 g/mol. The Morgan fingerprint density at radius 3 is 2.25 bits per heavy atom. The van der Waals surface area contributed by atoms with Gasteiger partial charge in [0.15, 0.2) is 9.84 Å². The second-order valence-corrected chi connectivity index (χ2v) is 7.79. The van der Waals surface area contributed by atoms with Crippen molar-refractivity contribution in [2.75, 3.05) is 13.4 Å². The zero-order valence-electron chi connectivity index (χ0n) is 13.8. The van der Waals surface area contributed by atoms with Gasteiger partial charge in [0, 0.05) is 25.5 Å². The molecule has 0 spiro atoms. The van der Waals surface area contributed by atoms with Gasteiger partial charge < -0.3 is 10.1 Å². The molecule has 0 aliphatic heterocycles. The molecule has 0 bridgehead atoms. The molecule has 2 aromatic rings. The minimum absolute atomic E-state index is 0.0285. The average Bonchev–Trinajstić information content (AvgIpc) is 2.53. The van der Waals surface area contributed by atoms with E-state index in [9.17, 15) is 13.2 Å². The van der Waals surface area contributed by atoms with Crippen molar-refractivity contribution in [2.45, 2.75) is 18.9 Å². The van der Waals surface area contributed by atoms with E-state index in [1.165, 1.54) is 6.26 Å². The Morgan fingerprint density at radius 1 is 1.04 bits per heavy atom. The molecule has 24 heavy (non-hydrogen) atoms. The van der Waals surface area contributed by atoms with Crippen LogP contribution >= 0.6 is 0 Å². The quantitative estimate of drug-likeness (QED) is 0.834. The minimum atomic E-state index is -3.08. The molecule has 0 unspecified atom stereocenters. The molecule has 128 valence electrons. The number of sulfone groups is 1. The summed E-state index contributed by atoms with van der Waals surface area (Å²) in [5, 5.41) is 2.87. The van der Waals surface area contributed by atoms with Crippen LogP contribution in [-0.2, 0) is 33.5 Å². The van der Waals surface area contributed by atoms with Crippen LogP contribution in [0.15, 0.2) is 48.5 Å². The van der Waals surface area contributed by atoms with E-state index in [2.05, 4.69) is 5.32 Å². The molecule has 0 saturated carbocycles. The predicted molar refractivity (Wildman–Crippen MR) is 93.3 cm³/mol. The normalized spacial score (nSPS) is 11.2. The van der Waals surface area contributed by atoms with Gasteiger partial charge in [-0.15, -0.1) is 0 Å². The molecule has 5 nitrogen and oxygen atoms in total. The maximum Gasteiger partial charge on any atom is 0.251 e. The predicted octanol–water partition coefficient (Wildman–Crippen LogP) is 2.31. The SMILES string of the molecule is COCc1ccccc1CNC(=O)c1ccc(CS(C)(=O)=O)cc1. The third-order valence-electron chi connectivity index (χ3n) is 3.50. The number of rotatable bonds is 7. The van der Waals surface area contributed by atoms with Crippen LogP contribution in [0.3, 0.4) is 0 Å². The van der Waals surface area contributed by atoms with Crippen LogP contribution in [-0.4, -0.2) is 27.7 Å². The van der Waals surface area contributed by atoms with Gasteiger partial charge in [0.05, 0.1) is 12.4 Å². The molecule has 0 radical (unpaired) electrons. The van der Waals surface area contributed by atoms with Crippen LogP contribution in [0.1, 0.15) is 27.0 Å². The summed E-state index contributed by atoms with van der Waals surface area (Å²) in [4.78, 5) is 12.2. The van der Waals surface area contributed by atoms with Crippen LogP contribution < -0.4 is 5.32 Å². The summed E-state index contributed by atoms with van der Waals surface area (Å²) in [7, 11) is -1.45. The first-order valence-corrected chi connectivity index (χ1v) is 9.55. The highest BCUT2D eigenvalue weighted by molar-refractivity contribution is 7.89. The third-order valence-corrected chi connectivity index (χ3v) is 4.36. The van der Waals surface area contributed by atoms with Gasteiger partial charge in [-0.2, -0.15) is 0 Å². The highest BCUT2D eigenvalue weighted by atomic mass is 32.2. The zero-order valence-corrected chi connectivity index (χ0v) is 14.6. The summed E-state index contributed by atoms with van der Waals surface area (Å²) in [5.41, 5.74) is 3.20. The molecule has 0 fully saturated rings. The Hall–Kier alpha value is -2.18. The lowest BCUT2D eigenvalue weighted by molar-refractivity contribution is 0.0950. The molecule has 2 rings (SSSR count). The summed E-state index contributed by atoms with van der Waals surface area (Å²) >= 11 is 0. The van der Waals surface area contributed by atoms with Crippen LogP contribution in [0.2, 0.25) is 0 Å². The first-order chi connectivity index (χ1) is 11.4. The molecule has 0 atom stereocenters. The molecule has 0 aliphatic carbocycles. The first kappa shape index (κ1) is 18.2. The molecule has 1 amide bonds. The van der Waals surface area contributed by atoms with E-state index in [0.717, 1.165) is 11.1 Å². The summed E-state index contributed by atoms with van der Waals surface area (Å²) in [6.07, 6.45) is 1.19. The van der Waals surface area contributed by atoms with Crippen LogP contribution in [0.4, 0.5) is 0 Å². The zero-order chi connectivity index (χ0) is 17.6. The summed E-state index contributed by atoms with van der Waals surface area (Å²) in [5.74, 6) is -0.229. The van der Waals surface area contributed by atoms with Gasteiger partial charge >= 0.3 is 0 Å². The third kappa shape index (κ3) is 5.47. The Labute approximate surface area is 142 Å². The van der Waals surface area contributed by atoms with Gasteiger partial charge in [0.25, 0.3) is 5.91 Å². The number of amides is 1. The fraction of sp³-hybridized carbons (Fsp3) is 0.278. The fourth-order valence-electron chi connectivity index (χ4n) is 2.36. The van der Waals surface area contributed by atoms with Crippen LogP contribution in [0, 0.1) is 0 Å². The van der Waals surface area contributed by atoms with E-state index in [4.69, 9.17) is 4.74 Å². The maximum atomic E-state index is 12.2. The van der Waals surface area contributed by atoms with Gasteiger partial charge in [0.2, 0.25) is 0 Å². The van der Waals surface area contributed by atoms with Crippen molar-refractivity contribution in [3.05, 3.63) is 70.8 Å². The smallest absolute Gasteiger partial charge is 0.251 e. The lowest BCUT2D eigenvalue weighted by atomic mass is 10.1. The molecular formula is C18H21NO4S. The summed E-state index contributed by atoms with van der Waals surface area (Å²) in [6, 6.07) is 14.4. The van der Waals surface area contributed by atoms with E-state index in [-0.39, 0.29) is 11.7 Å². The summed E-state index contributed by atoms with van der Waals surface area (Å²) < 4.78 is 27.7. The molecular weight excluding hydrogens is 326 g/mol. The lowest BCUT2D eigenvalue weighted by Gasteiger charge is -2.10. The van der Waals surface area contributed by atoms with Gasteiger partial charge in [0.1, 0.15) is 0 Å². The van der Waals surface area contributed by atoms with E-state index < -0.39 is 9.84 Å². The molecule has 0 aromatic heterocycles. The van der Waals surface area contributed by atoms with Gasteiger partial charge in [-0.25, -0.2) is 8.42 Å². The van der Waals surface area contributed by atoms with Crippen molar-refractivity contribution < 1.29 is 17.9 Å². The number of carbonyl (C=O) groups is 1. The van der Waals surface area contributed by atoms with Crippen molar-refractivity contribution in [1.29, 1.82) is 0 Å². The molecule has 0 aliphatic rings. The topological polar surface area (TPSA) is 72.5 Å². The molecule has 2 aromatic carbocycles. The second-order valence-electron chi connectivity index (χ2n) is 5.65. The van der Waals surface area contributed by atoms with E-state index >= 15 is 0 Å². The van der Waals surface area contributed by atoms with Gasteiger partial charge in [-0.1, -0.05) is 36.4 Å². The highest BCUT2D eigenvalue weighted by Gasteiger charge is 2.09. The Balaban J connectivity index is 2.00. The van der Waals surface area contributed by atoms with Crippen molar-refractivity contribution in [3.63, 3.8) is 0 Å². The minimum Gasteiger partial charge on any atom is -0.380 e. The van der Waals surface area contributed by atoms with Gasteiger partial charge in [-0.3, -0.25) is 4.79 Å². The lowest BCUT2D eigenvalue weighted by Crippen LogP contribution is -2.23. The largest absolute Gasteiger partial charge is 0.380 e. The van der Waals surface area contributed by atoms with Crippen molar-refractivity contribution >= 4 is 15.7 Å². The van der Waals surface area contributed by atoms with Crippen molar-refractivity contribution in [1.82, 2.24) is 5.32 Å². The number of hydrogen-bond acceptors (Lipinski definition) is 4. The number of hydrogen-bond donors (Lipinski definition) is 1. The number of benzene rings is 2. The Morgan fingerprint density at radius 2 is 1.67 bits per heavy atom. The van der Waals surface area contributed by atoms with E-state index in [0.29, 0.717) is 24.3 Å². The molecule has 1 N–H and O–H groups in total. The molecule has 0 saturated heterocycles. The van der Waals surface area contributed by atoms with Crippen molar-refractivity contribution in [3.8, 4) is 0 Å². The van der Waals surface area contributed by atoms with Crippen LogP contribution in [0.25, 0.3) is 0 Å². The second kappa shape index (κ2) is 8.08. The number of methoxy groups -OCH3 is 1. The number of ether oxygens (including phenoxy) is 1.